The Morgan fingerprint density at radius 3 is 2.16 bits per heavy atom. The zero-order valence-corrected chi connectivity index (χ0v) is 11.8. The van der Waals surface area contributed by atoms with Crippen molar-refractivity contribution < 1.29 is 9.59 Å². The number of thioether (sulfide) groups is 2. The fourth-order valence-electron chi connectivity index (χ4n) is 1.12. The molecule has 2 rings (SSSR count). The van der Waals surface area contributed by atoms with Crippen molar-refractivity contribution >= 4 is 63.0 Å². The molecular formula is C7H9N7O2S3. The second kappa shape index (κ2) is 5.83. The van der Waals surface area contributed by atoms with Crippen molar-refractivity contribution in [2.45, 2.75) is 0 Å². The minimum Gasteiger partial charge on any atom is -0.272 e. The van der Waals surface area contributed by atoms with Gasteiger partial charge in [-0.15, -0.1) is 5.10 Å². The molecule has 0 spiro atoms. The molecule has 2 amide bonds. The standard InChI is InChI=1S/C7H9N7O2S3/c8-13-3(15)1-18-6(13)10-5(17)11-12-7-14(9)4(16)2-19-7/h1-2,8-9H2,(H,11,17)/b10-6?,12-7+. The number of aliphatic imine (C=N–C) groups is 1. The predicted octanol–water partition coefficient (Wildman–Crippen LogP) is -1.61. The lowest BCUT2D eigenvalue weighted by Crippen LogP contribution is -2.38. The maximum atomic E-state index is 11.2. The average molecular weight is 319 g/mol. The van der Waals surface area contributed by atoms with E-state index < -0.39 is 0 Å². The average Bonchev–Trinajstić information content (AvgIpc) is 2.86. The Labute approximate surface area is 121 Å². The van der Waals surface area contributed by atoms with Crippen molar-refractivity contribution in [3.8, 4) is 0 Å². The van der Waals surface area contributed by atoms with Crippen molar-refractivity contribution in [3.63, 3.8) is 0 Å². The number of hydrazine groups is 2. The van der Waals surface area contributed by atoms with Crippen molar-refractivity contribution in [3.05, 3.63) is 0 Å². The van der Waals surface area contributed by atoms with Gasteiger partial charge in [0.05, 0.1) is 11.5 Å². The third-order valence-corrected chi connectivity index (χ3v) is 4.10. The minimum atomic E-state index is -0.247. The summed E-state index contributed by atoms with van der Waals surface area (Å²) < 4.78 is 0. The summed E-state index contributed by atoms with van der Waals surface area (Å²) in [7, 11) is 0. The van der Waals surface area contributed by atoms with Crippen LogP contribution in [0.1, 0.15) is 0 Å². The molecule has 2 aliphatic heterocycles. The number of hydrazone groups is 1. The van der Waals surface area contributed by atoms with Gasteiger partial charge in [-0.3, -0.25) is 9.59 Å². The molecule has 12 heteroatoms. The molecular weight excluding hydrogens is 310 g/mol. The Morgan fingerprint density at radius 1 is 1.16 bits per heavy atom. The number of amides is 2. The normalized spacial score (nSPS) is 23.9. The van der Waals surface area contributed by atoms with Gasteiger partial charge in [-0.2, -0.15) is 4.99 Å². The van der Waals surface area contributed by atoms with Gasteiger partial charge in [-0.1, -0.05) is 23.5 Å². The molecule has 2 fully saturated rings. The van der Waals surface area contributed by atoms with Crippen LogP contribution in [0.4, 0.5) is 0 Å². The lowest BCUT2D eigenvalue weighted by atomic mass is 10.7. The van der Waals surface area contributed by atoms with Crippen molar-refractivity contribution in [2.24, 2.45) is 21.8 Å². The minimum absolute atomic E-state index is 0.0218. The summed E-state index contributed by atoms with van der Waals surface area (Å²) in [5.41, 5.74) is 2.47. The Hall–Kier alpha value is -1.21. The number of amidine groups is 2. The molecule has 0 saturated carbocycles. The predicted molar refractivity (Wildman–Crippen MR) is 77.6 cm³/mol. The first-order chi connectivity index (χ1) is 8.99. The summed E-state index contributed by atoms with van der Waals surface area (Å²) in [5, 5.41) is 6.32. The molecule has 5 N–H and O–H groups in total. The van der Waals surface area contributed by atoms with E-state index in [1.807, 2.05) is 0 Å². The molecule has 0 bridgehead atoms. The monoisotopic (exact) mass is 319 g/mol. The van der Waals surface area contributed by atoms with Gasteiger partial charge in [0.2, 0.25) is 10.3 Å². The summed E-state index contributed by atoms with van der Waals surface area (Å²) in [6.45, 7) is 0. The Balaban J connectivity index is 1.96. The second-order valence-electron chi connectivity index (χ2n) is 3.31. The quantitative estimate of drug-likeness (QED) is 0.228. The molecule has 0 aromatic carbocycles. The zero-order valence-electron chi connectivity index (χ0n) is 9.40. The summed E-state index contributed by atoms with van der Waals surface area (Å²) in [6.07, 6.45) is 0. The van der Waals surface area contributed by atoms with E-state index in [0.717, 1.165) is 10.0 Å². The Bertz CT molecular complexity index is 505. The van der Waals surface area contributed by atoms with Gasteiger partial charge in [0, 0.05) is 0 Å². The number of nitrogens with zero attached hydrogens (tertiary/aromatic N) is 4. The number of hydrogen-bond donors (Lipinski definition) is 3. The summed E-state index contributed by atoms with van der Waals surface area (Å²) in [6, 6.07) is 0. The second-order valence-corrected chi connectivity index (χ2v) is 5.58. The van der Waals surface area contributed by atoms with Gasteiger partial charge >= 0.3 is 0 Å². The van der Waals surface area contributed by atoms with Crippen molar-refractivity contribution in [1.29, 1.82) is 0 Å². The molecule has 2 heterocycles. The third kappa shape index (κ3) is 3.22. The molecule has 2 aliphatic rings. The number of rotatable bonds is 1. The van der Waals surface area contributed by atoms with Crippen LogP contribution >= 0.6 is 35.7 Å². The first-order valence-corrected chi connectivity index (χ1v) is 7.24. The highest BCUT2D eigenvalue weighted by atomic mass is 32.2. The lowest BCUT2D eigenvalue weighted by molar-refractivity contribution is -0.125. The first kappa shape index (κ1) is 14.2. The van der Waals surface area contributed by atoms with E-state index in [-0.39, 0.29) is 28.4 Å². The van der Waals surface area contributed by atoms with Gasteiger partial charge in [0.15, 0.2) is 5.17 Å². The molecule has 0 unspecified atom stereocenters. The number of nitrogens with one attached hydrogen (secondary N) is 1. The summed E-state index contributed by atoms with van der Waals surface area (Å²) in [4.78, 5) is 26.2. The molecule has 0 aromatic rings. The lowest BCUT2D eigenvalue weighted by Gasteiger charge is -2.09. The molecule has 0 aliphatic carbocycles. The number of hydrogen-bond acceptors (Lipinski definition) is 8. The SMILES string of the molecule is NN1C(=O)CSC1=NC(=S)N/N=C1/SCC(=O)N1N. The summed E-state index contributed by atoms with van der Waals surface area (Å²) >= 11 is 7.28. The number of carbonyl (C=O) groups excluding carboxylic acids is 2. The van der Waals surface area contributed by atoms with Crippen LogP contribution in [0.25, 0.3) is 0 Å². The van der Waals surface area contributed by atoms with Gasteiger partial charge in [0.25, 0.3) is 11.8 Å². The highest BCUT2D eigenvalue weighted by molar-refractivity contribution is 8.15. The van der Waals surface area contributed by atoms with E-state index in [2.05, 4.69) is 15.5 Å². The van der Waals surface area contributed by atoms with Crippen LogP contribution in [0.3, 0.4) is 0 Å². The van der Waals surface area contributed by atoms with Gasteiger partial charge in [0.1, 0.15) is 0 Å². The van der Waals surface area contributed by atoms with Crippen LogP contribution in [0, 0.1) is 0 Å². The fourth-order valence-corrected chi connectivity index (χ4v) is 2.84. The first-order valence-electron chi connectivity index (χ1n) is 4.86. The Morgan fingerprint density at radius 2 is 1.68 bits per heavy atom. The molecule has 0 radical (unpaired) electrons. The fraction of sp³-hybridized carbons (Fsp3) is 0.286. The van der Waals surface area contributed by atoms with Crippen LogP contribution in [0.15, 0.2) is 10.1 Å². The topological polar surface area (TPSA) is 129 Å². The summed E-state index contributed by atoms with van der Waals surface area (Å²) in [5.74, 6) is 10.9. The Kier molecular flexibility index (Phi) is 4.36. The van der Waals surface area contributed by atoms with Crippen LogP contribution in [-0.2, 0) is 9.59 Å². The van der Waals surface area contributed by atoms with Crippen LogP contribution in [0.5, 0.6) is 0 Å². The number of thiocarbonyl (C=S) groups is 1. The van der Waals surface area contributed by atoms with E-state index in [4.69, 9.17) is 23.9 Å². The maximum absolute atomic E-state index is 11.2. The van der Waals surface area contributed by atoms with E-state index in [1.54, 1.807) is 0 Å². The molecule has 9 nitrogen and oxygen atoms in total. The van der Waals surface area contributed by atoms with Crippen LogP contribution < -0.4 is 17.1 Å². The largest absolute Gasteiger partial charge is 0.272 e. The van der Waals surface area contributed by atoms with Gasteiger partial charge in [-0.05, 0) is 12.2 Å². The third-order valence-electron chi connectivity index (χ3n) is 2.04. The molecule has 102 valence electrons. The highest BCUT2D eigenvalue weighted by Gasteiger charge is 2.27. The molecule has 19 heavy (non-hydrogen) atoms. The van der Waals surface area contributed by atoms with E-state index in [0.29, 0.717) is 10.3 Å². The van der Waals surface area contributed by atoms with E-state index in [9.17, 15) is 9.59 Å². The molecule has 0 atom stereocenters. The number of nitrogens with two attached hydrogens (primary N) is 2. The smallest absolute Gasteiger partial charge is 0.253 e. The van der Waals surface area contributed by atoms with Crippen LogP contribution in [0.2, 0.25) is 0 Å². The maximum Gasteiger partial charge on any atom is 0.253 e. The molecule has 0 aromatic heterocycles. The van der Waals surface area contributed by atoms with Gasteiger partial charge in [-0.25, -0.2) is 27.1 Å². The molecule has 2 saturated heterocycles. The van der Waals surface area contributed by atoms with Crippen LogP contribution in [-0.4, -0.2) is 48.8 Å². The van der Waals surface area contributed by atoms with Gasteiger partial charge < -0.3 is 0 Å². The van der Waals surface area contributed by atoms with E-state index in [1.165, 1.54) is 23.5 Å². The van der Waals surface area contributed by atoms with E-state index >= 15 is 0 Å². The zero-order chi connectivity index (χ0) is 14.0. The van der Waals surface area contributed by atoms with Crippen molar-refractivity contribution in [1.82, 2.24) is 15.4 Å². The highest BCUT2D eigenvalue weighted by Crippen LogP contribution is 2.16. The van der Waals surface area contributed by atoms with Crippen molar-refractivity contribution in [2.75, 3.05) is 11.5 Å². The number of carbonyl (C=O) groups is 2.